The van der Waals surface area contributed by atoms with Crippen molar-refractivity contribution in [1.29, 1.82) is 0 Å². The van der Waals surface area contributed by atoms with Gasteiger partial charge in [0.2, 0.25) is 0 Å². The minimum absolute atomic E-state index is 0. The molecule has 1 amide bonds. The number of hydrogen-bond donors (Lipinski definition) is 1. The number of ketones is 1. The molecular formula is C14H20ClF7N2O3. The molecule has 1 fully saturated rings. The molecule has 1 rings (SSSR count). The third-order valence-corrected chi connectivity index (χ3v) is 3.84. The first-order valence-corrected chi connectivity index (χ1v) is 7.72. The van der Waals surface area contributed by atoms with Gasteiger partial charge in [0.05, 0.1) is 12.6 Å². The Balaban J connectivity index is 0.00000676. The van der Waals surface area contributed by atoms with Crippen molar-refractivity contribution < 1.29 is 45.1 Å². The fourth-order valence-electron chi connectivity index (χ4n) is 2.22. The standard InChI is InChI=1S/C14H19F7N2O3.ClH/c1-8(2)23(6-10(24)9-4-3-5-22-9)11(25)26-14(20,21)13(18,19)12(16,17)7-15;/h8-9,22H,3-7H2,1-2H3;1H/t9-;/m0./s1. The highest BCUT2D eigenvalue weighted by Crippen LogP contribution is 2.46. The highest BCUT2D eigenvalue weighted by molar-refractivity contribution is 5.88. The van der Waals surface area contributed by atoms with Crippen LogP contribution in [0.25, 0.3) is 0 Å². The van der Waals surface area contributed by atoms with E-state index in [4.69, 9.17) is 0 Å². The highest BCUT2D eigenvalue weighted by Gasteiger charge is 2.75. The summed E-state index contributed by atoms with van der Waals surface area (Å²) in [4.78, 5) is 24.2. The maximum absolute atomic E-state index is 13.4. The van der Waals surface area contributed by atoms with E-state index in [0.717, 1.165) is 0 Å². The van der Waals surface area contributed by atoms with Crippen molar-refractivity contribution in [3.8, 4) is 0 Å². The molecule has 27 heavy (non-hydrogen) atoms. The second-order valence-corrected chi connectivity index (χ2v) is 6.13. The Morgan fingerprint density at radius 1 is 1.19 bits per heavy atom. The van der Waals surface area contributed by atoms with Crippen molar-refractivity contribution in [1.82, 2.24) is 10.2 Å². The lowest BCUT2D eigenvalue weighted by molar-refractivity contribution is -0.383. The van der Waals surface area contributed by atoms with Crippen LogP contribution in [0.2, 0.25) is 0 Å². The van der Waals surface area contributed by atoms with Crippen LogP contribution in [0, 0.1) is 0 Å². The Bertz CT molecular complexity index is 529. The highest BCUT2D eigenvalue weighted by atomic mass is 35.5. The first kappa shape index (κ1) is 25.7. The number of amides is 1. The molecule has 0 spiro atoms. The van der Waals surface area contributed by atoms with Gasteiger partial charge in [0, 0.05) is 6.04 Å². The average Bonchev–Trinajstić information content (AvgIpc) is 3.05. The van der Waals surface area contributed by atoms with Gasteiger partial charge in [0.25, 0.3) is 0 Å². The van der Waals surface area contributed by atoms with Gasteiger partial charge in [-0.2, -0.15) is 26.3 Å². The van der Waals surface area contributed by atoms with Gasteiger partial charge in [-0.05, 0) is 33.2 Å². The molecule has 5 nitrogen and oxygen atoms in total. The van der Waals surface area contributed by atoms with E-state index in [2.05, 4.69) is 10.1 Å². The van der Waals surface area contributed by atoms with E-state index in [9.17, 15) is 40.3 Å². The number of ether oxygens (including phenoxy) is 1. The van der Waals surface area contributed by atoms with E-state index in [-0.39, 0.29) is 12.4 Å². The summed E-state index contributed by atoms with van der Waals surface area (Å²) in [5, 5.41) is 2.80. The fourth-order valence-corrected chi connectivity index (χ4v) is 2.22. The smallest absolute Gasteiger partial charge is 0.379 e. The van der Waals surface area contributed by atoms with Crippen LogP contribution in [0.4, 0.5) is 35.5 Å². The van der Waals surface area contributed by atoms with Crippen LogP contribution in [-0.2, 0) is 9.53 Å². The minimum Gasteiger partial charge on any atom is -0.379 e. The van der Waals surface area contributed by atoms with Crippen molar-refractivity contribution >= 4 is 24.3 Å². The van der Waals surface area contributed by atoms with Crippen LogP contribution in [0.5, 0.6) is 0 Å². The van der Waals surface area contributed by atoms with Gasteiger partial charge in [-0.1, -0.05) is 0 Å². The number of nitrogens with zero attached hydrogens (tertiary/aromatic N) is 1. The lowest BCUT2D eigenvalue weighted by Gasteiger charge is -2.33. The summed E-state index contributed by atoms with van der Waals surface area (Å²) in [6.07, 6.45) is -6.96. The SMILES string of the molecule is CC(C)N(CC(=O)[C@@H]1CCCN1)C(=O)OC(F)(F)C(F)(F)C(F)(F)CF.Cl. The molecule has 1 atom stereocenters. The summed E-state index contributed by atoms with van der Waals surface area (Å²) in [5.41, 5.74) is 0. The summed E-state index contributed by atoms with van der Waals surface area (Å²) in [6, 6.07) is -1.57. The van der Waals surface area contributed by atoms with Crippen molar-refractivity contribution in [2.75, 3.05) is 19.8 Å². The molecule has 13 heteroatoms. The Hall–Kier alpha value is -1.30. The first-order chi connectivity index (χ1) is 11.8. The van der Waals surface area contributed by atoms with Gasteiger partial charge in [-0.3, -0.25) is 9.69 Å². The molecule has 0 aliphatic carbocycles. The molecule has 0 unspecified atom stereocenters. The number of halogens is 8. The number of Topliss-reactive ketones (excluding diaryl/α,β-unsaturated/α-hetero) is 1. The average molecular weight is 433 g/mol. The normalized spacial score (nSPS) is 18.2. The third-order valence-electron chi connectivity index (χ3n) is 3.84. The molecule has 160 valence electrons. The zero-order chi connectivity index (χ0) is 20.3. The van der Waals surface area contributed by atoms with Crippen LogP contribution >= 0.6 is 12.4 Å². The zero-order valence-electron chi connectivity index (χ0n) is 14.4. The molecule has 0 aromatic carbocycles. The van der Waals surface area contributed by atoms with Crippen molar-refractivity contribution in [3.05, 3.63) is 0 Å². The van der Waals surface area contributed by atoms with Gasteiger partial charge < -0.3 is 10.1 Å². The largest absolute Gasteiger partial charge is 0.474 e. The van der Waals surface area contributed by atoms with E-state index in [0.29, 0.717) is 24.3 Å². The summed E-state index contributed by atoms with van der Waals surface area (Å²) in [7, 11) is 0. The predicted molar refractivity (Wildman–Crippen MR) is 82.4 cm³/mol. The van der Waals surface area contributed by atoms with E-state index >= 15 is 0 Å². The van der Waals surface area contributed by atoms with Gasteiger partial charge in [0.1, 0.15) is 0 Å². The topological polar surface area (TPSA) is 58.6 Å². The van der Waals surface area contributed by atoms with Crippen molar-refractivity contribution in [2.45, 2.75) is 56.7 Å². The van der Waals surface area contributed by atoms with Crippen LogP contribution in [0.3, 0.4) is 0 Å². The lowest BCUT2D eigenvalue weighted by Crippen LogP contribution is -2.58. The van der Waals surface area contributed by atoms with Crippen LogP contribution in [0.1, 0.15) is 26.7 Å². The number of nitrogens with one attached hydrogen (secondary N) is 1. The van der Waals surface area contributed by atoms with Crippen molar-refractivity contribution in [3.63, 3.8) is 0 Å². The monoisotopic (exact) mass is 432 g/mol. The molecule has 0 aromatic heterocycles. The molecule has 0 aromatic rings. The molecule has 1 N–H and O–H groups in total. The lowest BCUT2D eigenvalue weighted by atomic mass is 10.1. The van der Waals surface area contributed by atoms with Gasteiger partial charge in [-0.15, -0.1) is 12.4 Å². The number of rotatable bonds is 8. The number of alkyl halides is 7. The second-order valence-electron chi connectivity index (χ2n) is 6.13. The molecule has 0 saturated carbocycles. The van der Waals surface area contributed by atoms with Gasteiger partial charge in [0.15, 0.2) is 12.5 Å². The summed E-state index contributed by atoms with van der Waals surface area (Å²) in [5.74, 6) is -12.6. The molecule has 1 aliphatic heterocycles. The third kappa shape index (κ3) is 5.59. The Kier molecular flexibility index (Phi) is 8.82. The fraction of sp³-hybridized carbons (Fsp3) is 0.857. The summed E-state index contributed by atoms with van der Waals surface area (Å²) >= 11 is 0. The second kappa shape index (κ2) is 9.26. The summed E-state index contributed by atoms with van der Waals surface area (Å²) in [6.45, 7) is -0.723. The van der Waals surface area contributed by atoms with Crippen molar-refractivity contribution in [2.24, 2.45) is 0 Å². The molecule has 0 bridgehead atoms. The maximum Gasteiger partial charge on any atom is 0.474 e. The van der Waals surface area contributed by atoms with Gasteiger partial charge >= 0.3 is 24.0 Å². The minimum atomic E-state index is -6.27. The summed E-state index contributed by atoms with van der Waals surface area (Å²) < 4.78 is 94.1. The molecular weight excluding hydrogens is 413 g/mol. The molecule has 1 heterocycles. The van der Waals surface area contributed by atoms with Crippen LogP contribution in [0.15, 0.2) is 0 Å². The van der Waals surface area contributed by atoms with E-state index in [1.54, 1.807) is 0 Å². The van der Waals surface area contributed by atoms with Gasteiger partial charge in [-0.25, -0.2) is 9.18 Å². The van der Waals surface area contributed by atoms with E-state index < -0.39 is 55.1 Å². The Morgan fingerprint density at radius 2 is 1.74 bits per heavy atom. The maximum atomic E-state index is 13.4. The Labute approximate surface area is 157 Å². The molecule has 1 saturated heterocycles. The predicted octanol–water partition coefficient (Wildman–Crippen LogP) is 3.41. The molecule has 1 aliphatic rings. The molecule has 0 radical (unpaired) electrons. The first-order valence-electron chi connectivity index (χ1n) is 7.72. The zero-order valence-corrected chi connectivity index (χ0v) is 15.2. The number of carbonyl (C=O) groups excluding carboxylic acids is 2. The quantitative estimate of drug-likeness (QED) is 0.597. The number of carbonyl (C=O) groups is 2. The number of hydrogen-bond acceptors (Lipinski definition) is 4. The van der Waals surface area contributed by atoms with E-state index in [1.165, 1.54) is 13.8 Å². The van der Waals surface area contributed by atoms with Crippen LogP contribution < -0.4 is 5.32 Å². The van der Waals surface area contributed by atoms with E-state index in [1.807, 2.05) is 0 Å². The van der Waals surface area contributed by atoms with Crippen LogP contribution in [-0.4, -0.2) is 66.6 Å². The Morgan fingerprint density at radius 3 is 2.15 bits per heavy atom.